The molecule has 1 saturated carbocycles. The first-order chi connectivity index (χ1) is 19.1. The smallest absolute Gasteiger partial charge is 0.264 e. The zero-order valence-electron chi connectivity index (χ0n) is 22.9. The highest BCUT2D eigenvalue weighted by Crippen LogP contribution is 2.52. The Morgan fingerprint density at radius 1 is 1.15 bits per heavy atom. The topological polar surface area (TPSA) is 95.9 Å². The van der Waals surface area contributed by atoms with E-state index in [0.29, 0.717) is 31.9 Å². The number of carbonyl (C=O) groups is 1. The van der Waals surface area contributed by atoms with Gasteiger partial charge in [0.2, 0.25) is 10.0 Å². The number of amides is 1. The van der Waals surface area contributed by atoms with Crippen LogP contribution in [0.15, 0.2) is 48.6 Å². The van der Waals surface area contributed by atoms with Crippen LogP contribution in [-0.4, -0.2) is 51.0 Å². The van der Waals surface area contributed by atoms with Gasteiger partial charge in [-0.2, -0.15) is 0 Å². The Bertz CT molecular complexity index is 1460. The van der Waals surface area contributed by atoms with Crippen molar-refractivity contribution in [2.24, 2.45) is 11.3 Å². The fraction of sp³-hybridized carbons (Fsp3) is 0.516. The second-order valence-electron chi connectivity index (χ2n) is 12.3. The Hall–Kier alpha value is -2.55. The van der Waals surface area contributed by atoms with E-state index in [9.17, 15) is 18.3 Å². The van der Waals surface area contributed by atoms with Gasteiger partial charge in [0, 0.05) is 29.1 Å². The second-order valence-corrected chi connectivity index (χ2v) is 14.6. The fourth-order valence-corrected chi connectivity index (χ4v) is 8.29. The summed E-state index contributed by atoms with van der Waals surface area (Å²) >= 11 is 6.38. The largest absolute Gasteiger partial charge is 0.490 e. The lowest BCUT2D eigenvalue weighted by Crippen LogP contribution is -2.53. The van der Waals surface area contributed by atoms with Crippen molar-refractivity contribution in [3.63, 3.8) is 0 Å². The molecule has 1 fully saturated rings. The molecule has 2 aromatic carbocycles. The fourth-order valence-electron chi connectivity index (χ4n) is 7.15. The number of halogens is 1. The summed E-state index contributed by atoms with van der Waals surface area (Å²) in [5.41, 5.74) is 3.07. The number of aliphatic hydroxyl groups is 1. The number of hydrogen-bond donors (Lipinski definition) is 2. The second kappa shape index (κ2) is 10.4. The normalized spacial score (nSPS) is 32.5. The van der Waals surface area contributed by atoms with Gasteiger partial charge in [-0.3, -0.25) is 4.79 Å². The highest BCUT2D eigenvalue weighted by atomic mass is 35.5. The van der Waals surface area contributed by atoms with E-state index < -0.39 is 22.0 Å². The maximum atomic E-state index is 13.1. The number of aliphatic hydroxyl groups excluding tert-OH is 1. The molecule has 2 aliphatic heterocycles. The van der Waals surface area contributed by atoms with Crippen LogP contribution in [0.25, 0.3) is 0 Å². The van der Waals surface area contributed by atoms with Crippen molar-refractivity contribution in [2.45, 2.75) is 63.4 Å². The molecule has 4 atom stereocenters. The van der Waals surface area contributed by atoms with Crippen LogP contribution in [0.3, 0.4) is 0 Å². The van der Waals surface area contributed by atoms with Crippen LogP contribution >= 0.6 is 11.6 Å². The van der Waals surface area contributed by atoms with E-state index in [4.69, 9.17) is 16.3 Å². The third-order valence-electron chi connectivity index (χ3n) is 9.79. The molecular formula is C31H37ClN2O5S. The molecule has 2 aliphatic carbocycles. The number of nitrogens with zero attached hydrogens (tertiary/aromatic N) is 1. The predicted molar refractivity (Wildman–Crippen MR) is 157 cm³/mol. The summed E-state index contributed by atoms with van der Waals surface area (Å²) in [5.74, 6) is 0.109. The molecule has 0 radical (unpaired) electrons. The highest BCUT2D eigenvalue weighted by Gasteiger charge is 2.49. The maximum Gasteiger partial charge on any atom is 0.264 e. The van der Waals surface area contributed by atoms with Crippen LogP contribution in [0.1, 0.15) is 66.9 Å². The highest BCUT2D eigenvalue weighted by molar-refractivity contribution is 7.90. The van der Waals surface area contributed by atoms with Gasteiger partial charge in [-0.15, -0.1) is 0 Å². The lowest BCUT2D eigenvalue weighted by Gasteiger charge is -2.52. The van der Waals surface area contributed by atoms with Crippen LogP contribution < -0.4 is 14.4 Å². The number of ether oxygens (including phenoxy) is 1. The number of nitrogens with one attached hydrogen (secondary N) is 1. The Labute approximate surface area is 241 Å². The van der Waals surface area contributed by atoms with E-state index in [0.717, 1.165) is 42.8 Å². The summed E-state index contributed by atoms with van der Waals surface area (Å²) in [7, 11) is -3.81. The molecule has 4 aliphatic rings. The summed E-state index contributed by atoms with van der Waals surface area (Å²) in [6, 6.07) is 11.3. The Kier molecular flexibility index (Phi) is 7.16. The number of benzene rings is 2. The minimum absolute atomic E-state index is 0.197. The van der Waals surface area contributed by atoms with Gasteiger partial charge in [-0.25, -0.2) is 13.1 Å². The Morgan fingerprint density at radius 2 is 2.00 bits per heavy atom. The number of hydrogen-bond acceptors (Lipinski definition) is 6. The minimum Gasteiger partial charge on any atom is -0.490 e. The van der Waals surface area contributed by atoms with Crippen LogP contribution in [0.2, 0.25) is 5.02 Å². The predicted octanol–water partition coefficient (Wildman–Crippen LogP) is 5.00. The number of allylic oxidation sites excluding steroid dienone is 1. The van der Waals surface area contributed by atoms with Crippen molar-refractivity contribution in [1.29, 1.82) is 0 Å². The molecule has 2 aromatic rings. The van der Waals surface area contributed by atoms with E-state index in [1.807, 2.05) is 12.1 Å². The number of carbonyl (C=O) groups excluding carboxylic acids is 1. The summed E-state index contributed by atoms with van der Waals surface area (Å²) in [6.45, 7) is 4.07. The van der Waals surface area contributed by atoms with Crippen molar-refractivity contribution in [3.8, 4) is 5.75 Å². The molecule has 9 heteroatoms. The van der Waals surface area contributed by atoms with Gasteiger partial charge in [0.25, 0.3) is 5.91 Å². The lowest BCUT2D eigenvalue weighted by molar-refractivity contribution is -0.0695. The molecular weight excluding hydrogens is 548 g/mol. The van der Waals surface area contributed by atoms with Gasteiger partial charge in [0.05, 0.1) is 24.2 Å². The molecule has 7 nitrogen and oxygen atoms in total. The summed E-state index contributed by atoms with van der Waals surface area (Å²) in [5, 5.41) is 12.0. The van der Waals surface area contributed by atoms with Gasteiger partial charge >= 0.3 is 0 Å². The first kappa shape index (κ1) is 27.6. The Balaban J connectivity index is 1.43. The quantitative estimate of drug-likeness (QED) is 0.423. The molecule has 6 rings (SSSR count). The van der Waals surface area contributed by atoms with Gasteiger partial charge in [-0.1, -0.05) is 36.7 Å². The number of sulfonamides is 1. The lowest BCUT2D eigenvalue weighted by atomic mass is 9.57. The molecule has 0 aromatic heterocycles. The number of anilines is 1. The monoisotopic (exact) mass is 584 g/mol. The summed E-state index contributed by atoms with van der Waals surface area (Å²) < 4.78 is 34.0. The first-order valence-electron chi connectivity index (χ1n) is 14.3. The number of aryl methyl sites for hydroxylation is 1. The zero-order valence-corrected chi connectivity index (χ0v) is 24.4. The van der Waals surface area contributed by atoms with E-state index in [-0.39, 0.29) is 34.5 Å². The van der Waals surface area contributed by atoms with Crippen LogP contribution in [0, 0.1) is 11.3 Å². The van der Waals surface area contributed by atoms with Crippen LogP contribution in [0.5, 0.6) is 5.75 Å². The van der Waals surface area contributed by atoms with Crippen LogP contribution in [-0.2, 0) is 21.9 Å². The third kappa shape index (κ3) is 5.03. The number of rotatable bonds is 0. The average molecular weight is 585 g/mol. The van der Waals surface area contributed by atoms with Gasteiger partial charge in [0.1, 0.15) is 5.75 Å². The summed E-state index contributed by atoms with van der Waals surface area (Å²) in [6.07, 6.45) is 8.80. The van der Waals surface area contributed by atoms with Crippen LogP contribution in [0.4, 0.5) is 5.69 Å². The molecule has 214 valence electrons. The molecule has 0 unspecified atom stereocenters. The third-order valence-corrected chi connectivity index (χ3v) is 11.3. The average Bonchev–Trinajstić information content (AvgIpc) is 3.06. The molecule has 0 saturated heterocycles. The van der Waals surface area contributed by atoms with E-state index >= 15 is 0 Å². The molecule has 2 bridgehead atoms. The zero-order chi connectivity index (χ0) is 28.1. The number of fused-ring (bicyclic) bond motifs is 4. The molecule has 2 N–H and O–H groups in total. The van der Waals surface area contributed by atoms with Crippen molar-refractivity contribution in [3.05, 3.63) is 70.3 Å². The molecule has 1 amide bonds. The molecule has 2 heterocycles. The van der Waals surface area contributed by atoms with Gasteiger partial charge in [-0.05, 0) is 97.7 Å². The van der Waals surface area contributed by atoms with E-state index in [2.05, 4.69) is 28.7 Å². The van der Waals surface area contributed by atoms with Crippen molar-refractivity contribution in [2.75, 3.05) is 30.3 Å². The SMILES string of the molecule is C[C@@]12CC[C@H]1CN1C[C@@]3(CCCc4cc(Cl)ccc43)COc3ccc(cc31)C(=O)NS(=O)(=O)CC/C=C/C[C@H]2O. The molecule has 40 heavy (non-hydrogen) atoms. The standard InChI is InChI=1S/C31H37ClN2O5S/c1-30-14-12-23(30)18-34-19-31(13-5-6-21-16-24(32)9-10-25(21)31)20-39-27-11-8-22(17-26(27)34)29(36)33-40(37,38)15-4-2-3-7-28(30)35/h2-3,8-11,16-17,23,28,35H,4-7,12-15,18-20H2,1H3,(H,33,36)/b3-2+/t23-,28+,30+,31-/m0/s1. The van der Waals surface area contributed by atoms with Crippen molar-refractivity contribution in [1.82, 2.24) is 4.72 Å². The molecule has 1 spiro atoms. The van der Waals surface area contributed by atoms with Crippen molar-refractivity contribution < 1.29 is 23.1 Å². The maximum absolute atomic E-state index is 13.1. The van der Waals surface area contributed by atoms with Gasteiger partial charge < -0.3 is 14.7 Å². The van der Waals surface area contributed by atoms with Gasteiger partial charge in [0.15, 0.2) is 0 Å². The Morgan fingerprint density at radius 3 is 2.80 bits per heavy atom. The summed E-state index contributed by atoms with van der Waals surface area (Å²) in [4.78, 5) is 15.4. The first-order valence-corrected chi connectivity index (χ1v) is 16.3. The minimum atomic E-state index is -3.81. The van der Waals surface area contributed by atoms with Crippen molar-refractivity contribution >= 4 is 33.2 Å². The van der Waals surface area contributed by atoms with E-state index in [1.54, 1.807) is 24.3 Å². The van der Waals surface area contributed by atoms with E-state index in [1.165, 1.54) is 11.1 Å².